The Bertz CT molecular complexity index is 398. The summed E-state index contributed by atoms with van der Waals surface area (Å²) in [5.41, 5.74) is 1.04. The molecule has 4 nitrogen and oxygen atoms in total. The van der Waals surface area contributed by atoms with Crippen molar-refractivity contribution < 1.29 is 9.90 Å². The molecule has 1 amide bonds. The Balaban J connectivity index is 2.56. The van der Waals surface area contributed by atoms with E-state index in [1.165, 1.54) is 6.92 Å². The molecular formula is C13H16N2O2. The number of amides is 1. The number of nitrogens with one attached hydrogen (secondary N) is 1. The standard InChI is InChI=1S/C13H16N2O2/c1-10(8-14)13(17)15-12(9-16)7-11-5-3-2-4-6-11/h2-6,10,12,16H,7,9H2,1H3,(H,15,17)/t10?,12-/m1/s1. The molecule has 0 fully saturated rings. The van der Waals surface area contributed by atoms with Gasteiger partial charge in [-0.25, -0.2) is 0 Å². The molecule has 2 N–H and O–H groups in total. The normalized spacial score (nSPS) is 13.5. The van der Waals surface area contributed by atoms with Crippen molar-refractivity contribution in [2.24, 2.45) is 5.92 Å². The second-order valence-corrected chi connectivity index (χ2v) is 3.93. The number of nitriles is 1. The maximum atomic E-state index is 11.5. The molecule has 1 rings (SSSR count). The lowest BCUT2D eigenvalue weighted by molar-refractivity contribution is -0.123. The molecule has 0 aliphatic carbocycles. The predicted molar refractivity (Wildman–Crippen MR) is 63.9 cm³/mol. The zero-order valence-corrected chi connectivity index (χ0v) is 9.76. The Morgan fingerprint density at radius 2 is 2.12 bits per heavy atom. The van der Waals surface area contributed by atoms with Crippen LogP contribution < -0.4 is 5.32 Å². The van der Waals surface area contributed by atoms with Crippen LogP contribution in [0.2, 0.25) is 0 Å². The first-order valence-corrected chi connectivity index (χ1v) is 5.52. The van der Waals surface area contributed by atoms with E-state index >= 15 is 0 Å². The molecule has 0 spiro atoms. The van der Waals surface area contributed by atoms with E-state index in [2.05, 4.69) is 5.32 Å². The van der Waals surface area contributed by atoms with Crippen molar-refractivity contribution in [1.29, 1.82) is 5.26 Å². The number of rotatable bonds is 5. The van der Waals surface area contributed by atoms with E-state index < -0.39 is 5.92 Å². The zero-order chi connectivity index (χ0) is 12.7. The predicted octanol–water partition coefficient (Wildman–Crippen LogP) is 0.866. The molecule has 0 saturated heterocycles. The Kier molecular flexibility index (Phi) is 5.18. The van der Waals surface area contributed by atoms with Gasteiger partial charge in [0.25, 0.3) is 0 Å². The summed E-state index contributed by atoms with van der Waals surface area (Å²) in [4.78, 5) is 11.5. The van der Waals surface area contributed by atoms with Gasteiger partial charge in [-0.3, -0.25) is 4.79 Å². The molecule has 0 heterocycles. The molecule has 0 aliphatic rings. The van der Waals surface area contributed by atoms with Gasteiger partial charge in [0, 0.05) is 0 Å². The summed E-state index contributed by atoms with van der Waals surface area (Å²) >= 11 is 0. The van der Waals surface area contributed by atoms with Crippen molar-refractivity contribution in [3.8, 4) is 6.07 Å². The zero-order valence-electron chi connectivity index (χ0n) is 9.76. The SMILES string of the molecule is CC(C#N)C(=O)N[C@@H](CO)Cc1ccccc1. The highest BCUT2D eigenvalue weighted by molar-refractivity contribution is 5.80. The number of hydrogen-bond donors (Lipinski definition) is 2. The summed E-state index contributed by atoms with van der Waals surface area (Å²) < 4.78 is 0. The smallest absolute Gasteiger partial charge is 0.237 e. The van der Waals surface area contributed by atoms with Crippen LogP contribution in [0.3, 0.4) is 0 Å². The van der Waals surface area contributed by atoms with Crippen LogP contribution in [0.5, 0.6) is 0 Å². The molecule has 0 saturated carbocycles. The van der Waals surface area contributed by atoms with E-state index in [4.69, 9.17) is 5.26 Å². The summed E-state index contributed by atoms with van der Waals surface area (Å²) in [5, 5.41) is 20.5. The average molecular weight is 232 g/mol. The van der Waals surface area contributed by atoms with E-state index in [0.717, 1.165) is 5.56 Å². The summed E-state index contributed by atoms with van der Waals surface area (Å²) in [6, 6.07) is 11.1. The first-order valence-electron chi connectivity index (χ1n) is 5.52. The van der Waals surface area contributed by atoms with Crippen LogP contribution >= 0.6 is 0 Å². The average Bonchev–Trinajstić information content (AvgIpc) is 2.38. The summed E-state index contributed by atoms with van der Waals surface area (Å²) in [6.45, 7) is 1.39. The van der Waals surface area contributed by atoms with E-state index in [1.807, 2.05) is 36.4 Å². The van der Waals surface area contributed by atoms with Gasteiger partial charge in [0.2, 0.25) is 5.91 Å². The third-order valence-electron chi connectivity index (χ3n) is 2.48. The number of aliphatic hydroxyl groups excluding tert-OH is 1. The quantitative estimate of drug-likeness (QED) is 0.791. The molecule has 4 heteroatoms. The third-order valence-corrected chi connectivity index (χ3v) is 2.48. The Morgan fingerprint density at radius 3 is 2.65 bits per heavy atom. The lowest BCUT2D eigenvalue weighted by Crippen LogP contribution is -2.41. The van der Waals surface area contributed by atoms with E-state index in [9.17, 15) is 9.90 Å². The number of nitrogens with zero attached hydrogens (tertiary/aromatic N) is 1. The van der Waals surface area contributed by atoms with Gasteiger partial charge in [0.15, 0.2) is 0 Å². The van der Waals surface area contributed by atoms with E-state index in [-0.39, 0.29) is 18.6 Å². The largest absolute Gasteiger partial charge is 0.394 e. The van der Waals surface area contributed by atoms with E-state index in [1.54, 1.807) is 0 Å². The lowest BCUT2D eigenvalue weighted by Gasteiger charge is -2.17. The summed E-state index contributed by atoms with van der Waals surface area (Å²) in [5.74, 6) is -1.04. The van der Waals surface area contributed by atoms with Gasteiger partial charge in [0.1, 0.15) is 5.92 Å². The molecule has 17 heavy (non-hydrogen) atoms. The molecule has 0 bridgehead atoms. The van der Waals surface area contributed by atoms with Crippen LogP contribution in [0.15, 0.2) is 30.3 Å². The number of carbonyl (C=O) groups excluding carboxylic acids is 1. The van der Waals surface area contributed by atoms with Gasteiger partial charge < -0.3 is 10.4 Å². The number of hydrogen-bond acceptors (Lipinski definition) is 3. The molecule has 1 aromatic carbocycles. The van der Waals surface area contributed by atoms with Gasteiger partial charge in [0.05, 0.1) is 18.7 Å². The minimum atomic E-state index is -0.695. The minimum Gasteiger partial charge on any atom is -0.394 e. The summed E-state index contributed by atoms with van der Waals surface area (Å²) in [6.07, 6.45) is 0.557. The topological polar surface area (TPSA) is 73.1 Å². The second-order valence-electron chi connectivity index (χ2n) is 3.93. The monoisotopic (exact) mass is 232 g/mol. The highest BCUT2D eigenvalue weighted by Gasteiger charge is 2.16. The fourth-order valence-corrected chi connectivity index (χ4v) is 1.44. The van der Waals surface area contributed by atoms with Crippen molar-refractivity contribution in [2.75, 3.05) is 6.61 Å². The maximum Gasteiger partial charge on any atom is 0.237 e. The second kappa shape index (κ2) is 6.66. The molecule has 0 aliphatic heterocycles. The molecule has 90 valence electrons. The van der Waals surface area contributed by atoms with Crippen LogP contribution in [0, 0.1) is 17.2 Å². The van der Waals surface area contributed by atoms with Crippen LogP contribution in [0.1, 0.15) is 12.5 Å². The molecule has 1 aromatic rings. The lowest BCUT2D eigenvalue weighted by atomic mass is 10.1. The molecule has 2 atom stereocenters. The van der Waals surface area contributed by atoms with E-state index in [0.29, 0.717) is 6.42 Å². The third kappa shape index (κ3) is 4.25. The number of aliphatic hydroxyl groups is 1. The molecule has 1 unspecified atom stereocenters. The Hall–Kier alpha value is -1.86. The van der Waals surface area contributed by atoms with Gasteiger partial charge in [-0.2, -0.15) is 5.26 Å². The first-order chi connectivity index (χ1) is 8.17. The van der Waals surface area contributed by atoms with Crippen LogP contribution in [-0.2, 0) is 11.2 Å². The van der Waals surface area contributed by atoms with Crippen LogP contribution in [0.4, 0.5) is 0 Å². The highest BCUT2D eigenvalue weighted by Crippen LogP contribution is 2.03. The van der Waals surface area contributed by atoms with Crippen LogP contribution in [0.25, 0.3) is 0 Å². The molecule has 0 aromatic heterocycles. The van der Waals surface area contributed by atoms with Crippen molar-refractivity contribution in [2.45, 2.75) is 19.4 Å². The maximum absolute atomic E-state index is 11.5. The molecular weight excluding hydrogens is 216 g/mol. The highest BCUT2D eigenvalue weighted by atomic mass is 16.3. The van der Waals surface area contributed by atoms with Gasteiger partial charge in [-0.15, -0.1) is 0 Å². The summed E-state index contributed by atoms with van der Waals surface area (Å²) in [7, 11) is 0. The fourth-order valence-electron chi connectivity index (χ4n) is 1.44. The van der Waals surface area contributed by atoms with Gasteiger partial charge >= 0.3 is 0 Å². The van der Waals surface area contributed by atoms with Crippen LogP contribution in [-0.4, -0.2) is 23.7 Å². The number of benzene rings is 1. The molecule has 0 radical (unpaired) electrons. The van der Waals surface area contributed by atoms with Gasteiger partial charge in [-0.1, -0.05) is 30.3 Å². The van der Waals surface area contributed by atoms with Crippen molar-refractivity contribution in [3.05, 3.63) is 35.9 Å². The Morgan fingerprint density at radius 1 is 1.47 bits per heavy atom. The fraction of sp³-hybridized carbons (Fsp3) is 0.385. The van der Waals surface area contributed by atoms with Crippen molar-refractivity contribution in [3.63, 3.8) is 0 Å². The Labute approximate surface area is 101 Å². The first kappa shape index (κ1) is 13.2. The van der Waals surface area contributed by atoms with Gasteiger partial charge in [-0.05, 0) is 18.9 Å². The minimum absolute atomic E-state index is 0.140. The van der Waals surface area contributed by atoms with Crippen molar-refractivity contribution >= 4 is 5.91 Å². The number of carbonyl (C=O) groups is 1. The van der Waals surface area contributed by atoms with Crippen molar-refractivity contribution in [1.82, 2.24) is 5.32 Å².